The van der Waals surface area contributed by atoms with Crippen LogP contribution in [0.15, 0.2) is 36.7 Å². The highest BCUT2D eigenvalue weighted by Crippen LogP contribution is 2.26. The third-order valence-corrected chi connectivity index (χ3v) is 2.54. The fraction of sp³-hybridized carbons (Fsp3) is 0. The largest absolute Gasteiger partial charge is 0.353 e. The molecule has 0 aliphatic carbocycles. The summed E-state index contributed by atoms with van der Waals surface area (Å²) < 4.78 is 0. The minimum absolute atomic E-state index is 0.699. The first kappa shape index (κ1) is 8.01. The van der Waals surface area contributed by atoms with Gasteiger partial charge in [-0.05, 0) is 18.2 Å². The van der Waals surface area contributed by atoms with Crippen molar-refractivity contribution in [2.75, 3.05) is 0 Å². The minimum atomic E-state index is 0.699. The number of rotatable bonds is 0. The van der Waals surface area contributed by atoms with Crippen molar-refractivity contribution >= 4 is 21.8 Å². The molecule has 3 nitrogen and oxygen atoms in total. The van der Waals surface area contributed by atoms with Gasteiger partial charge < -0.3 is 4.98 Å². The van der Waals surface area contributed by atoms with E-state index in [1.807, 2.05) is 24.3 Å². The lowest BCUT2D eigenvalue weighted by molar-refractivity contribution is 1.35. The van der Waals surface area contributed by atoms with Gasteiger partial charge in [0.15, 0.2) is 0 Å². The van der Waals surface area contributed by atoms with E-state index in [2.05, 4.69) is 16.0 Å². The van der Waals surface area contributed by atoms with E-state index in [9.17, 15) is 0 Å². The molecule has 0 saturated carbocycles. The Bertz CT molecular complexity index is 689. The average Bonchev–Trinajstić information content (AvgIpc) is 2.67. The molecule has 0 bridgehead atoms. The van der Waals surface area contributed by atoms with Gasteiger partial charge in [-0.15, -0.1) is 0 Å². The van der Waals surface area contributed by atoms with Gasteiger partial charge in [-0.3, -0.25) is 4.98 Å². The van der Waals surface area contributed by atoms with E-state index in [4.69, 9.17) is 5.26 Å². The molecule has 0 saturated heterocycles. The molecule has 3 heteroatoms. The van der Waals surface area contributed by atoms with Crippen LogP contribution in [-0.2, 0) is 0 Å². The molecule has 2 heterocycles. The molecule has 70 valence electrons. The van der Waals surface area contributed by atoms with Crippen molar-refractivity contribution in [2.24, 2.45) is 0 Å². The second-order valence-electron chi connectivity index (χ2n) is 3.39. The first-order valence-corrected chi connectivity index (χ1v) is 4.64. The first-order valence-electron chi connectivity index (χ1n) is 4.64. The summed E-state index contributed by atoms with van der Waals surface area (Å²) in [5.74, 6) is 0. The summed E-state index contributed by atoms with van der Waals surface area (Å²) in [4.78, 5) is 7.29. The average molecular weight is 193 g/mol. The molecular weight excluding hydrogens is 186 g/mol. The molecule has 15 heavy (non-hydrogen) atoms. The Kier molecular flexibility index (Phi) is 1.51. The van der Waals surface area contributed by atoms with Gasteiger partial charge in [0, 0.05) is 22.5 Å². The van der Waals surface area contributed by atoms with Gasteiger partial charge in [0.2, 0.25) is 0 Å². The molecule has 1 N–H and O–H groups in total. The van der Waals surface area contributed by atoms with Crippen molar-refractivity contribution in [3.05, 3.63) is 42.2 Å². The lowest BCUT2D eigenvalue weighted by Crippen LogP contribution is -1.75. The molecule has 0 aliphatic heterocycles. The zero-order valence-electron chi connectivity index (χ0n) is 7.86. The summed E-state index contributed by atoms with van der Waals surface area (Å²) in [5, 5.41) is 11.1. The number of nitriles is 1. The topological polar surface area (TPSA) is 52.5 Å². The number of hydrogen-bond acceptors (Lipinski definition) is 2. The molecule has 3 rings (SSSR count). The lowest BCUT2D eigenvalue weighted by Gasteiger charge is -1.92. The lowest BCUT2D eigenvalue weighted by atomic mass is 10.1. The van der Waals surface area contributed by atoms with Crippen molar-refractivity contribution in [2.45, 2.75) is 0 Å². The number of fused-ring (bicyclic) bond motifs is 3. The molecule has 0 fully saturated rings. The van der Waals surface area contributed by atoms with Crippen LogP contribution in [0.5, 0.6) is 0 Å². The fourth-order valence-electron chi connectivity index (χ4n) is 1.90. The minimum Gasteiger partial charge on any atom is -0.353 e. The number of benzene rings is 1. The molecule has 0 atom stereocenters. The predicted octanol–water partition coefficient (Wildman–Crippen LogP) is 2.59. The van der Waals surface area contributed by atoms with Crippen LogP contribution in [0.25, 0.3) is 21.8 Å². The summed E-state index contributed by atoms with van der Waals surface area (Å²) in [5.41, 5.74) is 2.65. The van der Waals surface area contributed by atoms with Gasteiger partial charge in [0.05, 0.1) is 23.3 Å². The maximum atomic E-state index is 9.03. The number of pyridine rings is 1. The Morgan fingerprint density at radius 1 is 1.20 bits per heavy atom. The molecule has 1 aromatic carbocycles. The van der Waals surface area contributed by atoms with Crippen LogP contribution in [0, 0.1) is 11.3 Å². The molecule has 0 aliphatic rings. The zero-order valence-corrected chi connectivity index (χ0v) is 7.86. The standard InChI is InChI=1S/C12H7N3/c13-6-8-2-1-3-10-12(8)9-4-5-14-7-11(9)15-10/h1-5,7,15H. The molecule has 0 amide bonds. The van der Waals surface area contributed by atoms with Gasteiger partial charge in [0.1, 0.15) is 0 Å². The smallest absolute Gasteiger partial charge is 0.0998 e. The predicted molar refractivity (Wildman–Crippen MR) is 58.3 cm³/mol. The molecular formula is C12H7N3. The van der Waals surface area contributed by atoms with Crippen LogP contribution in [0.4, 0.5) is 0 Å². The Morgan fingerprint density at radius 2 is 2.13 bits per heavy atom. The Hall–Kier alpha value is -2.34. The molecule has 0 unspecified atom stereocenters. The fourth-order valence-corrected chi connectivity index (χ4v) is 1.90. The normalized spacial score (nSPS) is 10.6. The van der Waals surface area contributed by atoms with Gasteiger partial charge in [-0.1, -0.05) is 6.07 Å². The third kappa shape index (κ3) is 1.02. The number of aromatic amines is 1. The number of hydrogen-bond donors (Lipinski definition) is 1. The number of nitrogens with one attached hydrogen (secondary N) is 1. The SMILES string of the molecule is N#Cc1cccc2[nH]c3cnccc3c12. The number of nitrogens with zero attached hydrogens (tertiary/aromatic N) is 2. The van der Waals surface area contributed by atoms with Crippen molar-refractivity contribution in [1.82, 2.24) is 9.97 Å². The third-order valence-electron chi connectivity index (χ3n) is 2.54. The van der Waals surface area contributed by atoms with Crippen LogP contribution in [0.1, 0.15) is 5.56 Å². The highest BCUT2D eigenvalue weighted by Gasteiger charge is 2.07. The van der Waals surface area contributed by atoms with Gasteiger partial charge in [-0.25, -0.2) is 0 Å². The molecule has 0 radical (unpaired) electrons. The second kappa shape index (κ2) is 2.82. The Labute approximate surface area is 86.0 Å². The zero-order chi connectivity index (χ0) is 10.3. The van der Waals surface area contributed by atoms with Gasteiger partial charge in [-0.2, -0.15) is 5.26 Å². The maximum absolute atomic E-state index is 9.03. The van der Waals surface area contributed by atoms with Crippen LogP contribution >= 0.6 is 0 Å². The van der Waals surface area contributed by atoms with E-state index in [-0.39, 0.29) is 0 Å². The van der Waals surface area contributed by atoms with Crippen LogP contribution in [-0.4, -0.2) is 9.97 Å². The van der Waals surface area contributed by atoms with E-state index in [0.29, 0.717) is 5.56 Å². The van der Waals surface area contributed by atoms with Gasteiger partial charge in [0.25, 0.3) is 0 Å². The molecule has 2 aromatic heterocycles. The van der Waals surface area contributed by atoms with Crippen molar-refractivity contribution in [1.29, 1.82) is 5.26 Å². The van der Waals surface area contributed by atoms with Crippen LogP contribution in [0.2, 0.25) is 0 Å². The van der Waals surface area contributed by atoms with Crippen molar-refractivity contribution in [3.8, 4) is 6.07 Å². The molecule has 3 aromatic rings. The highest BCUT2D eigenvalue weighted by molar-refractivity contribution is 6.09. The maximum Gasteiger partial charge on any atom is 0.0998 e. The van der Waals surface area contributed by atoms with Crippen molar-refractivity contribution < 1.29 is 0 Å². The summed E-state index contributed by atoms with van der Waals surface area (Å²) >= 11 is 0. The number of H-pyrrole nitrogens is 1. The second-order valence-corrected chi connectivity index (χ2v) is 3.39. The molecule has 0 spiro atoms. The quantitative estimate of drug-likeness (QED) is 0.596. The number of aromatic nitrogens is 2. The first-order chi connectivity index (χ1) is 7.40. The Morgan fingerprint density at radius 3 is 3.00 bits per heavy atom. The highest BCUT2D eigenvalue weighted by atomic mass is 14.7. The summed E-state index contributed by atoms with van der Waals surface area (Å²) in [7, 11) is 0. The van der Waals surface area contributed by atoms with E-state index in [0.717, 1.165) is 21.8 Å². The van der Waals surface area contributed by atoms with Gasteiger partial charge >= 0.3 is 0 Å². The summed E-state index contributed by atoms with van der Waals surface area (Å²) in [6.07, 6.45) is 3.51. The Balaban J connectivity index is 2.64. The van der Waals surface area contributed by atoms with E-state index >= 15 is 0 Å². The van der Waals surface area contributed by atoms with Crippen molar-refractivity contribution in [3.63, 3.8) is 0 Å². The van der Waals surface area contributed by atoms with Crippen LogP contribution < -0.4 is 0 Å². The monoisotopic (exact) mass is 193 g/mol. The van der Waals surface area contributed by atoms with E-state index in [1.165, 1.54) is 0 Å². The summed E-state index contributed by atoms with van der Waals surface area (Å²) in [6, 6.07) is 9.81. The summed E-state index contributed by atoms with van der Waals surface area (Å²) in [6.45, 7) is 0. The van der Waals surface area contributed by atoms with Crippen LogP contribution in [0.3, 0.4) is 0 Å². The van der Waals surface area contributed by atoms with E-state index < -0.39 is 0 Å². The van der Waals surface area contributed by atoms with E-state index in [1.54, 1.807) is 12.4 Å².